The molecule has 2 aliphatic heterocycles. The number of hydrogen-bond acceptors (Lipinski definition) is 2. The summed E-state index contributed by atoms with van der Waals surface area (Å²) in [4.78, 5) is 29.9. The van der Waals surface area contributed by atoms with Gasteiger partial charge in [-0.25, -0.2) is 0 Å². The van der Waals surface area contributed by atoms with E-state index in [4.69, 9.17) is 0 Å². The van der Waals surface area contributed by atoms with Crippen molar-refractivity contribution in [3.8, 4) is 0 Å². The summed E-state index contributed by atoms with van der Waals surface area (Å²) >= 11 is 0. The van der Waals surface area contributed by atoms with Gasteiger partial charge in [0.15, 0.2) is 13.1 Å². The lowest BCUT2D eigenvalue weighted by Crippen LogP contribution is -3.18. The number of anilines is 1. The Morgan fingerprint density at radius 3 is 2.39 bits per heavy atom. The number of para-hydroxylation sites is 1. The molecule has 154 valence electrons. The van der Waals surface area contributed by atoms with Gasteiger partial charge in [-0.1, -0.05) is 18.2 Å². The average molecular weight is 389 g/mol. The number of aryl methyl sites for hydroxylation is 2. The molecule has 1 unspecified atom stereocenters. The Balaban J connectivity index is 1.43. The van der Waals surface area contributed by atoms with Crippen LogP contribution in [-0.2, 0) is 9.59 Å². The largest absolute Gasteiger partial charge is 0.327 e. The van der Waals surface area contributed by atoms with Crippen molar-refractivity contribution in [2.24, 2.45) is 0 Å². The van der Waals surface area contributed by atoms with Crippen LogP contribution in [0.3, 0.4) is 0 Å². The van der Waals surface area contributed by atoms with Crippen molar-refractivity contribution in [3.63, 3.8) is 0 Å². The predicted octanol–water partition coefficient (Wildman–Crippen LogP) is -0.574. The van der Waals surface area contributed by atoms with Gasteiger partial charge < -0.3 is 20.0 Å². The second-order valence-electron chi connectivity index (χ2n) is 8.60. The molecular weight excluding hydrogens is 352 g/mol. The van der Waals surface area contributed by atoms with Crippen LogP contribution in [0.15, 0.2) is 18.2 Å². The van der Waals surface area contributed by atoms with E-state index in [0.717, 1.165) is 49.5 Å². The van der Waals surface area contributed by atoms with Crippen molar-refractivity contribution in [3.05, 3.63) is 29.3 Å². The van der Waals surface area contributed by atoms with Crippen LogP contribution in [0.25, 0.3) is 0 Å². The maximum atomic E-state index is 12.7. The van der Waals surface area contributed by atoms with Crippen LogP contribution in [0.1, 0.15) is 37.3 Å². The molecule has 3 rings (SSSR count). The molecule has 0 spiro atoms. The van der Waals surface area contributed by atoms with Crippen molar-refractivity contribution >= 4 is 17.5 Å². The van der Waals surface area contributed by atoms with Gasteiger partial charge in [-0.05, 0) is 51.2 Å². The summed E-state index contributed by atoms with van der Waals surface area (Å²) in [5.74, 6) is 0.335. The van der Waals surface area contributed by atoms with Crippen molar-refractivity contribution < 1.29 is 19.4 Å². The van der Waals surface area contributed by atoms with Gasteiger partial charge in [0.25, 0.3) is 11.8 Å². The number of nitrogens with zero attached hydrogens (tertiary/aromatic N) is 1. The molecule has 0 saturated carbocycles. The number of carbonyl (C=O) groups excluding carboxylic acids is 2. The molecule has 3 N–H and O–H groups in total. The summed E-state index contributed by atoms with van der Waals surface area (Å²) in [5, 5.41) is 3.08. The van der Waals surface area contributed by atoms with E-state index in [2.05, 4.69) is 12.2 Å². The number of hydrogen-bond donors (Lipinski definition) is 3. The van der Waals surface area contributed by atoms with Crippen molar-refractivity contribution in [1.29, 1.82) is 0 Å². The van der Waals surface area contributed by atoms with E-state index < -0.39 is 0 Å². The van der Waals surface area contributed by atoms with Gasteiger partial charge in [0, 0.05) is 5.69 Å². The molecule has 6 nitrogen and oxygen atoms in total. The van der Waals surface area contributed by atoms with Crippen molar-refractivity contribution in [2.45, 2.75) is 46.1 Å². The van der Waals surface area contributed by atoms with Crippen LogP contribution < -0.4 is 15.1 Å². The quantitative estimate of drug-likeness (QED) is 0.633. The molecule has 2 atom stereocenters. The fraction of sp³-hybridized carbons (Fsp3) is 0.636. The molecule has 0 bridgehead atoms. The Hall–Kier alpha value is -1.92. The first-order valence-corrected chi connectivity index (χ1v) is 10.8. The summed E-state index contributed by atoms with van der Waals surface area (Å²) in [5.41, 5.74) is 3.11. The highest BCUT2D eigenvalue weighted by atomic mass is 16.2. The van der Waals surface area contributed by atoms with E-state index in [0.29, 0.717) is 19.1 Å². The standard InChI is InChI=1S/C22H34N4O2/c1-17-7-6-8-18(2)22(17)23-20(27)15-24-11-13-25(14-12-24)21(28)16-26-10-5-4-9-19(26)3/h6-8,19H,4-5,9-16H2,1-3H3,(H,23,27)/p+2/t19-/m1/s1. The number of amides is 2. The highest BCUT2D eigenvalue weighted by molar-refractivity contribution is 5.93. The van der Waals surface area contributed by atoms with Crippen LogP contribution in [0, 0.1) is 13.8 Å². The van der Waals surface area contributed by atoms with Gasteiger partial charge >= 0.3 is 0 Å². The Kier molecular flexibility index (Phi) is 7.08. The fourth-order valence-electron chi connectivity index (χ4n) is 4.49. The van der Waals surface area contributed by atoms with E-state index in [1.165, 1.54) is 29.1 Å². The number of piperidine rings is 1. The molecule has 1 aromatic carbocycles. The molecule has 28 heavy (non-hydrogen) atoms. The SMILES string of the molecule is Cc1cccc(C)c1NC(=O)C[NH+]1CCN(C(=O)C[NH+]2CCCC[C@H]2C)CC1. The highest BCUT2D eigenvalue weighted by Crippen LogP contribution is 2.18. The van der Waals surface area contributed by atoms with Crippen LogP contribution >= 0.6 is 0 Å². The minimum absolute atomic E-state index is 0.0544. The number of piperazine rings is 1. The smallest absolute Gasteiger partial charge is 0.279 e. The second-order valence-corrected chi connectivity index (χ2v) is 8.60. The van der Waals surface area contributed by atoms with Crippen molar-refractivity contribution in [1.82, 2.24) is 4.90 Å². The molecule has 1 aromatic rings. The first kappa shape index (κ1) is 20.8. The molecule has 0 aromatic heterocycles. The molecular formula is C22H36N4O2+2. The third-order valence-electron chi connectivity index (χ3n) is 6.44. The number of likely N-dealkylation sites (tertiary alicyclic amines) is 1. The summed E-state index contributed by atoms with van der Waals surface area (Å²) in [7, 11) is 0. The molecule has 2 heterocycles. The molecule has 2 saturated heterocycles. The molecule has 2 amide bonds. The maximum Gasteiger partial charge on any atom is 0.279 e. The predicted molar refractivity (Wildman–Crippen MR) is 111 cm³/mol. The zero-order chi connectivity index (χ0) is 20.1. The highest BCUT2D eigenvalue weighted by Gasteiger charge is 2.30. The molecule has 0 radical (unpaired) electrons. The molecule has 0 aliphatic carbocycles. The van der Waals surface area contributed by atoms with Gasteiger partial charge in [0.05, 0.1) is 38.8 Å². The maximum absolute atomic E-state index is 12.7. The molecule has 6 heteroatoms. The number of rotatable bonds is 5. The topological polar surface area (TPSA) is 58.3 Å². The summed E-state index contributed by atoms with van der Waals surface area (Å²) in [6.45, 7) is 11.7. The number of carbonyl (C=O) groups is 2. The Bertz CT molecular complexity index is 678. The lowest BCUT2D eigenvalue weighted by molar-refractivity contribution is -0.921. The van der Waals surface area contributed by atoms with Gasteiger partial charge in [-0.2, -0.15) is 0 Å². The summed E-state index contributed by atoms with van der Waals surface area (Å²) < 4.78 is 0. The average Bonchev–Trinajstić information content (AvgIpc) is 2.67. The minimum atomic E-state index is 0.0544. The zero-order valence-electron chi connectivity index (χ0n) is 17.6. The molecule has 2 fully saturated rings. The van der Waals surface area contributed by atoms with Gasteiger partial charge in [-0.15, -0.1) is 0 Å². The normalized spacial score (nSPS) is 23.5. The summed E-state index contributed by atoms with van der Waals surface area (Å²) in [6, 6.07) is 6.64. The monoisotopic (exact) mass is 388 g/mol. The van der Waals surface area contributed by atoms with Gasteiger partial charge in [-0.3, -0.25) is 9.59 Å². The number of benzene rings is 1. The van der Waals surface area contributed by atoms with Crippen LogP contribution in [0.2, 0.25) is 0 Å². The lowest BCUT2D eigenvalue weighted by atomic mass is 10.0. The van der Waals surface area contributed by atoms with Crippen molar-refractivity contribution in [2.75, 3.05) is 51.1 Å². The second kappa shape index (κ2) is 9.52. The van der Waals surface area contributed by atoms with Gasteiger partial charge in [0.2, 0.25) is 0 Å². The number of nitrogens with one attached hydrogen (secondary N) is 3. The van der Waals surface area contributed by atoms with E-state index in [9.17, 15) is 9.59 Å². The van der Waals surface area contributed by atoms with Crippen LogP contribution in [0.4, 0.5) is 5.69 Å². The third kappa shape index (κ3) is 5.32. The lowest BCUT2D eigenvalue weighted by Gasteiger charge is -2.34. The minimum Gasteiger partial charge on any atom is -0.327 e. The van der Waals surface area contributed by atoms with E-state index in [-0.39, 0.29) is 11.8 Å². The number of quaternary nitrogens is 2. The first-order valence-electron chi connectivity index (χ1n) is 10.8. The third-order valence-corrected chi connectivity index (χ3v) is 6.44. The first-order chi connectivity index (χ1) is 13.4. The van der Waals surface area contributed by atoms with Crippen LogP contribution in [-0.4, -0.2) is 68.6 Å². The summed E-state index contributed by atoms with van der Waals surface area (Å²) in [6.07, 6.45) is 3.77. The Labute approximate surface area is 168 Å². The van der Waals surface area contributed by atoms with Gasteiger partial charge in [0.1, 0.15) is 0 Å². The van der Waals surface area contributed by atoms with E-state index in [1.54, 1.807) is 0 Å². The zero-order valence-corrected chi connectivity index (χ0v) is 17.6. The van der Waals surface area contributed by atoms with Crippen LogP contribution in [0.5, 0.6) is 0 Å². The van der Waals surface area contributed by atoms with E-state index in [1.807, 2.05) is 36.9 Å². The fourth-order valence-corrected chi connectivity index (χ4v) is 4.49. The Morgan fingerprint density at radius 2 is 1.75 bits per heavy atom. The van der Waals surface area contributed by atoms with E-state index >= 15 is 0 Å². The Morgan fingerprint density at radius 1 is 1.07 bits per heavy atom. The molecule has 2 aliphatic rings.